The van der Waals surface area contributed by atoms with Gasteiger partial charge in [0.25, 0.3) is 5.56 Å². The minimum atomic E-state index is -0.0925. The summed E-state index contributed by atoms with van der Waals surface area (Å²) in [6, 6.07) is 8.88. The summed E-state index contributed by atoms with van der Waals surface area (Å²) >= 11 is 0. The van der Waals surface area contributed by atoms with Crippen LogP contribution in [-0.4, -0.2) is 60.6 Å². The summed E-state index contributed by atoms with van der Waals surface area (Å²) in [5, 5.41) is 4.69. The molecular formula is C26H31N7O. The minimum absolute atomic E-state index is 0.0925. The zero-order valence-corrected chi connectivity index (χ0v) is 20.1. The Hall–Kier alpha value is -3.26. The maximum absolute atomic E-state index is 13.1. The second-order valence-electron chi connectivity index (χ2n) is 9.75. The SMILES string of the molecule is CCc1nc(C)cn2nc(-c3cc(=O)n4cc(N5CCN(C6CCC6)[C@H](C)C5)ccc4n3)cc12. The lowest BCUT2D eigenvalue weighted by atomic mass is 9.89. The fourth-order valence-electron chi connectivity index (χ4n) is 5.45. The lowest BCUT2D eigenvalue weighted by molar-refractivity contribution is 0.0775. The van der Waals surface area contributed by atoms with Crippen molar-refractivity contribution in [1.29, 1.82) is 0 Å². The average molecular weight is 458 g/mol. The quantitative estimate of drug-likeness (QED) is 0.468. The molecule has 34 heavy (non-hydrogen) atoms. The van der Waals surface area contributed by atoms with Gasteiger partial charge in [0.1, 0.15) is 11.3 Å². The number of hydrogen-bond acceptors (Lipinski definition) is 6. The first kappa shape index (κ1) is 21.3. The Morgan fingerprint density at radius 3 is 2.65 bits per heavy atom. The van der Waals surface area contributed by atoms with E-state index in [-0.39, 0.29) is 5.56 Å². The number of aryl methyl sites for hydroxylation is 2. The zero-order valence-electron chi connectivity index (χ0n) is 20.1. The molecule has 1 saturated heterocycles. The number of nitrogens with zero attached hydrogens (tertiary/aromatic N) is 7. The van der Waals surface area contributed by atoms with Crippen LogP contribution in [0.2, 0.25) is 0 Å². The molecule has 0 bridgehead atoms. The third kappa shape index (κ3) is 3.57. The van der Waals surface area contributed by atoms with Crippen molar-refractivity contribution in [3.05, 3.63) is 58.4 Å². The minimum Gasteiger partial charge on any atom is -0.367 e. The Morgan fingerprint density at radius 1 is 1.06 bits per heavy atom. The van der Waals surface area contributed by atoms with E-state index in [9.17, 15) is 4.79 Å². The number of rotatable bonds is 4. The van der Waals surface area contributed by atoms with Gasteiger partial charge in [0.05, 0.1) is 34.5 Å². The van der Waals surface area contributed by atoms with E-state index in [0.717, 1.165) is 54.7 Å². The first-order valence-electron chi connectivity index (χ1n) is 12.4. The van der Waals surface area contributed by atoms with Crippen molar-refractivity contribution in [2.24, 2.45) is 0 Å². The van der Waals surface area contributed by atoms with E-state index in [1.54, 1.807) is 10.5 Å². The van der Waals surface area contributed by atoms with Gasteiger partial charge in [-0.2, -0.15) is 5.10 Å². The van der Waals surface area contributed by atoms with Crippen molar-refractivity contribution < 1.29 is 0 Å². The Balaban J connectivity index is 1.31. The number of anilines is 1. The molecule has 0 aromatic carbocycles. The summed E-state index contributed by atoms with van der Waals surface area (Å²) in [5.74, 6) is 0. The predicted octanol–water partition coefficient (Wildman–Crippen LogP) is 3.34. The highest BCUT2D eigenvalue weighted by molar-refractivity contribution is 5.66. The molecule has 1 aliphatic carbocycles. The Morgan fingerprint density at radius 2 is 1.91 bits per heavy atom. The lowest BCUT2D eigenvalue weighted by Crippen LogP contribution is -2.57. The van der Waals surface area contributed by atoms with Crippen molar-refractivity contribution in [3.63, 3.8) is 0 Å². The van der Waals surface area contributed by atoms with Crippen LogP contribution in [0.25, 0.3) is 22.6 Å². The molecule has 8 heteroatoms. The molecule has 8 nitrogen and oxygen atoms in total. The lowest BCUT2D eigenvalue weighted by Gasteiger charge is -2.47. The molecule has 176 valence electrons. The van der Waals surface area contributed by atoms with Gasteiger partial charge < -0.3 is 4.90 Å². The molecule has 1 saturated carbocycles. The highest BCUT2D eigenvalue weighted by Gasteiger charge is 2.32. The topological polar surface area (TPSA) is 71.0 Å². The largest absolute Gasteiger partial charge is 0.367 e. The van der Waals surface area contributed by atoms with E-state index in [1.807, 2.05) is 36.0 Å². The Bertz CT molecular complexity index is 1430. The van der Waals surface area contributed by atoms with Gasteiger partial charge in [-0.3, -0.25) is 19.1 Å². The van der Waals surface area contributed by atoms with Gasteiger partial charge in [-0.05, 0) is 51.3 Å². The number of aromatic nitrogens is 5. The van der Waals surface area contributed by atoms with Crippen LogP contribution in [0, 0.1) is 6.92 Å². The summed E-state index contributed by atoms with van der Waals surface area (Å²) in [7, 11) is 0. The molecule has 0 amide bonds. The standard InChI is InChI=1S/C26H31N7O/c1-4-21-24-12-23(29-33(24)14-17(2)27-21)22-13-26(34)32-16-20(8-9-25(32)28-22)30-10-11-31(18(3)15-30)19-6-5-7-19/h8-9,12-14,16,18-19H,4-7,10-11,15H2,1-3H3/t18-/m1/s1. The third-order valence-corrected chi connectivity index (χ3v) is 7.48. The van der Waals surface area contributed by atoms with Crippen LogP contribution in [0.5, 0.6) is 0 Å². The summed E-state index contributed by atoms with van der Waals surface area (Å²) in [6.07, 6.45) is 8.71. The average Bonchev–Trinajstić information content (AvgIpc) is 3.22. The van der Waals surface area contributed by atoms with E-state index < -0.39 is 0 Å². The molecule has 0 unspecified atom stereocenters. The Labute approximate surface area is 198 Å². The monoisotopic (exact) mass is 457 g/mol. The van der Waals surface area contributed by atoms with Gasteiger partial charge in [-0.15, -0.1) is 0 Å². The molecule has 1 atom stereocenters. The first-order chi connectivity index (χ1) is 16.5. The smallest absolute Gasteiger partial charge is 0.258 e. The van der Waals surface area contributed by atoms with Crippen LogP contribution in [-0.2, 0) is 6.42 Å². The van der Waals surface area contributed by atoms with Gasteiger partial charge in [-0.1, -0.05) is 13.3 Å². The van der Waals surface area contributed by atoms with Gasteiger partial charge in [0.15, 0.2) is 0 Å². The molecule has 5 heterocycles. The third-order valence-electron chi connectivity index (χ3n) is 7.48. The summed E-state index contributed by atoms with van der Waals surface area (Å²) < 4.78 is 3.49. The summed E-state index contributed by atoms with van der Waals surface area (Å²) in [5.41, 5.74) is 5.75. The highest BCUT2D eigenvalue weighted by atomic mass is 16.1. The molecule has 6 rings (SSSR count). The second kappa shape index (κ2) is 8.20. The maximum Gasteiger partial charge on any atom is 0.258 e. The second-order valence-corrected chi connectivity index (χ2v) is 9.75. The van der Waals surface area contributed by atoms with Gasteiger partial charge in [0, 0.05) is 44.0 Å². The molecule has 4 aromatic heterocycles. The van der Waals surface area contributed by atoms with Crippen LogP contribution >= 0.6 is 0 Å². The van der Waals surface area contributed by atoms with Gasteiger partial charge >= 0.3 is 0 Å². The van der Waals surface area contributed by atoms with E-state index in [4.69, 9.17) is 4.98 Å². The van der Waals surface area contributed by atoms with E-state index in [0.29, 0.717) is 23.1 Å². The maximum atomic E-state index is 13.1. The van der Waals surface area contributed by atoms with E-state index in [2.05, 4.69) is 39.8 Å². The van der Waals surface area contributed by atoms with Crippen LogP contribution in [0.15, 0.2) is 41.5 Å². The molecule has 0 radical (unpaired) electrons. The van der Waals surface area contributed by atoms with E-state index in [1.165, 1.54) is 19.3 Å². The summed E-state index contributed by atoms with van der Waals surface area (Å²) in [6.45, 7) is 9.42. The molecule has 2 aliphatic rings. The number of pyridine rings is 1. The predicted molar refractivity (Wildman–Crippen MR) is 134 cm³/mol. The van der Waals surface area contributed by atoms with E-state index >= 15 is 0 Å². The van der Waals surface area contributed by atoms with Crippen molar-refractivity contribution in [3.8, 4) is 11.4 Å². The molecule has 2 fully saturated rings. The van der Waals surface area contributed by atoms with Crippen LogP contribution in [0.4, 0.5) is 5.69 Å². The molecule has 1 aliphatic heterocycles. The molecular weight excluding hydrogens is 426 g/mol. The number of hydrogen-bond donors (Lipinski definition) is 0. The van der Waals surface area contributed by atoms with Gasteiger partial charge in [0.2, 0.25) is 0 Å². The summed E-state index contributed by atoms with van der Waals surface area (Å²) in [4.78, 5) is 27.6. The van der Waals surface area contributed by atoms with Crippen molar-refractivity contribution in [1.82, 2.24) is 28.9 Å². The molecule has 0 spiro atoms. The fraction of sp³-hybridized carbons (Fsp3) is 0.462. The number of fused-ring (bicyclic) bond motifs is 2. The Kier molecular flexibility index (Phi) is 5.13. The fourth-order valence-corrected chi connectivity index (χ4v) is 5.45. The molecule has 0 N–H and O–H groups in total. The van der Waals surface area contributed by atoms with Crippen molar-refractivity contribution in [2.75, 3.05) is 24.5 Å². The zero-order chi connectivity index (χ0) is 23.4. The van der Waals surface area contributed by atoms with Crippen LogP contribution in [0.3, 0.4) is 0 Å². The number of piperazine rings is 1. The van der Waals surface area contributed by atoms with Crippen LogP contribution in [0.1, 0.15) is 44.5 Å². The van der Waals surface area contributed by atoms with Crippen LogP contribution < -0.4 is 10.5 Å². The van der Waals surface area contributed by atoms with Crippen molar-refractivity contribution >= 4 is 16.9 Å². The first-order valence-corrected chi connectivity index (χ1v) is 12.4. The highest BCUT2D eigenvalue weighted by Crippen LogP contribution is 2.29. The normalized spacial score (nSPS) is 19.7. The molecule has 4 aromatic rings. The van der Waals surface area contributed by atoms with Gasteiger partial charge in [-0.25, -0.2) is 9.50 Å². The van der Waals surface area contributed by atoms with Crippen molar-refractivity contribution in [2.45, 2.75) is 58.5 Å².